The average molecular weight is 285 g/mol. The third-order valence-electron chi connectivity index (χ3n) is 4.29. The Hall–Kier alpha value is -1.66. The normalized spacial score (nSPS) is 20.7. The van der Waals surface area contributed by atoms with Crippen LogP contribution in [0.2, 0.25) is 0 Å². The molecule has 0 atom stereocenters. The molecule has 3 rings (SSSR count). The van der Waals surface area contributed by atoms with Crippen molar-refractivity contribution in [2.75, 3.05) is 0 Å². The smallest absolute Gasteiger partial charge is 0.400 e. The Morgan fingerprint density at radius 1 is 1.14 bits per heavy atom. The van der Waals surface area contributed by atoms with Crippen LogP contribution in [0.1, 0.15) is 33.3 Å². The summed E-state index contributed by atoms with van der Waals surface area (Å²) in [5.41, 5.74) is 2.11. The first-order valence-corrected chi connectivity index (χ1v) is 7.09. The van der Waals surface area contributed by atoms with Crippen molar-refractivity contribution >= 4 is 24.4 Å². The molecule has 0 unspecified atom stereocenters. The van der Waals surface area contributed by atoms with Crippen molar-refractivity contribution in [2.45, 2.75) is 38.9 Å². The van der Waals surface area contributed by atoms with Gasteiger partial charge < -0.3 is 13.9 Å². The highest BCUT2D eigenvalue weighted by atomic mass is 16.7. The second-order valence-corrected chi connectivity index (χ2v) is 6.45. The lowest BCUT2D eigenvalue weighted by Gasteiger charge is -2.32. The zero-order chi connectivity index (χ0) is 15.3. The summed E-state index contributed by atoms with van der Waals surface area (Å²) >= 11 is 0. The fraction of sp³-hybridized carbons (Fsp3) is 0.467. The van der Waals surface area contributed by atoms with E-state index in [4.69, 9.17) is 9.31 Å². The first kappa shape index (κ1) is 14.3. The average Bonchev–Trinajstić information content (AvgIpc) is 2.85. The van der Waals surface area contributed by atoms with E-state index in [1.807, 2.05) is 63.6 Å². The van der Waals surface area contributed by atoms with Crippen molar-refractivity contribution in [3.05, 3.63) is 30.1 Å². The van der Waals surface area contributed by atoms with Gasteiger partial charge in [0.2, 0.25) is 0 Å². The summed E-state index contributed by atoms with van der Waals surface area (Å²) in [6, 6.07) is 2.00. The van der Waals surface area contributed by atoms with E-state index in [2.05, 4.69) is 9.97 Å². The van der Waals surface area contributed by atoms with Gasteiger partial charge in [-0.15, -0.1) is 0 Å². The molecule has 1 fully saturated rings. The van der Waals surface area contributed by atoms with Gasteiger partial charge in [-0.25, -0.2) is 9.97 Å². The minimum atomic E-state index is -0.338. The molecular formula is C15H20BN3O2. The van der Waals surface area contributed by atoms with E-state index in [-0.39, 0.29) is 18.3 Å². The van der Waals surface area contributed by atoms with Crippen molar-refractivity contribution in [3.63, 3.8) is 0 Å². The first-order valence-electron chi connectivity index (χ1n) is 7.09. The number of fused-ring (bicyclic) bond motifs is 1. The molecule has 110 valence electrons. The molecule has 0 aliphatic carbocycles. The molecule has 6 heteroatoms. The molecule has 1 aliphatic heterocycles. The van der Waals surface area contributed by atoms with Crippen LogP contribution in [0.25, 0.3) is 17.2 Å². The Balaban J connectivity index is 1.79. The summed E-state index contributed by atoms with van der Waals surface area (Å²) in [6.07, 6.45) is 5.55. The number of aryl methyl sites for hydroxylation is 1. The van der Waals surface area contributed by atoms with Crippen LogP contribution in [-0.2, 0) is 16.4 Å². The monoisotopic (exact) mass is 285 g/mol. The van der Waals surface area contributed by atoms with Gasteiger partial charge in [-0.1, -0.05) is 12.1 Å². The molecule has 0 aromatic carbocycles. The van der Waals surface area contributed by atoms with Crippen LogP contribution >= 0.6 is 0 Å². The molecule has 0 amide bonds. The van der Waals surface area contributed by atoms with Crippen molar-refractivity contribution in [2.24, 2.45) is 7.05 Å². The first-order chi connectivity index (χ1) is 9.78. The zero-order valence-corrected chi connectivity index (χ0v) is 13.1. The van der Waals surface area contributed by atoms with Crippen molar-refractivity contribution in [3.8, 4) is 0 Å². The van der Waals surface area contributed by atoms with Gasteiger partial charge >= 0.3 is 7.12 Å². The van der Waals surface area contributed by atoms with E-state index in [0.29, 0.717) is 0 Å². The summed E-state index contributed by atoms with van der Waals surface area (Å²) < 4.78 is 13.8. The Morgan fingerprint density at radius 3 is 2.48 bits per heavy atom. The predicted octanol–water partition coefficient (Wildman–Crippen LogP) is 2.61. The van der Waals surface area contributed by atoms with Crippen LogP contribution in [0.15, 0.2) is 24.6 Å². The largest absolute Gasteiger partial charge is 0.487 e. The third-order valence-corrected chi connectivity index (χ3v) is 4.29. The number of hydrogen-bond acceptors (Lipinski definition) is 4. The second-order valence-electron chi connectivity index (χ2n) is 6.45. The van der Waals surface area contributed by atoms with Gasteiger partial charge in [-0.05, 0) is 39.3 Å². The van der Waals surface area contributed by atoms with Gasteiger partial charge in [0.25, 0.3) is 0 Å². The maximum Gasteiger partial charge on any atom is 0.487 e. The highest BCUT2D eigenvalue weighted by molar-refractivity contribution is 6.52. The highest BCUT2D eigenvalue weighted by Crippen LogP contribution is 2.37. The van der Waals surface area contributed by atoms with E-state index in [1.165, 1.54) is 0 Å². The topological polar surface area (TPSA) is 49.2 Å². The molecule has 2 aromatic rings. The van der Waals surface area contributed by atoms with Crippen molar-refractivity contribution < 1.29 is 9.31 Å². The fourth-order valence-electron chi connectivity index (χ4n) is 2.28. The summed E-state index contributed by atoms with van der Waals surface area (Å²) in [7, 11) is 1.59. The summed E-state index contributed by atoms with van der Waals surface area (Å²) in [4.78, 5) is 8.72. The van der Waals surface area contributed by atoms with E-state index in [9.17, 15) is 0 Å². The Morgan fingerprint density at radius 2 is 1.81 bits per heavy atom. The van der Waals surface area contributed by atoms with Crippen LogP contribution in [0, 0.1) is 0 Å². The lowest BCUT2D eigenvalue weighted by molar-refractivity contribution is 0.00578. The number of imidazole rings is 1. The second kappa shape index (κ2) is 4.68. The Kier molecular flexibility index (Phi) is 3.18. The molecule has 0 saturated carbocycles. The lowest BCUT2D eigenvalue weighted by atomic mass is 9.89. The minimum absolute atomic E-state index is 0.314. The van der Waals surface area contributed by atoms with E-state index < -0.39 is 0 Å². The van der Waals surface area contributed by atoms with Gasteiger partial charge in [0, 0.05) is 13.2 Å². The molecule has 1 saturated heterocycles. The number of rotatable bonds is 2. The zero-order valence-electron chi connectivity index (χ0n) is 13.1. The van der Waals surface area contributed by atoms with Crippen molar-refractivity contribution in [1.29, 1.82) is 0 Å². The third kappa shape index (κ3) is 2.49. The number of aromatic nitrogens is 3. The quantitative estimate of drug-likeness (QED) is 0.796. The standard InChI is InChI=1S/C15H20BN3O2/c1-14(2)15(3,4)21-16(20-14)7-6-11-8-12-13(17-9-11)19(5)10-18-12/h6-10H,1-5H3/b7-6+. The van der Waals surface area contributed by atoms with Crippen LogP contribution in [-0.4, -0.2) is 32.9 Å². The number of nitrogens with zero attached hydrogens (tertiary/aromatic N) is 3. The SMILES string of the molecule is Cn1cnc2cc(/C=C/B3OC(C)(C)C(C)(C)O3)cnc21. The molecule has 0 spiro atoms. The van der Waals surface area contributed by atoms with Gasteiger partial charge in [0.15, 0.2) is 5.65 Å². The van der Waals surface area contributed by atoms with E-state index >= 15 is 0 Å². The lowest BCUT2D eigenvalue weighted by Crippen LogP contribution is -2.41. The van der Waals surface area contributed by atoms with Crippen LogP contribution in [0.4, 0.5) is 0 Å². The van der Waals surface area contributed by atoms with Gasteiger partial charge in [-0.3, -0.25) is 0 Å². The molecule has 21 heavy (non-hydrogen) atoms. The molecule has 2 aromatic heterocycles. The van der Waals surface area contributed by atoms with Gasteiger partial charge in [0.05, 0.1) is 17.5 Å². The summed E-state index contributed by atoms with van der Waals surface area (Å²) in [6.45, 7) is 8.18. The molecular weight excluding hydrogens is 265 g/mol. The predicted molar refractivity (Wildman–Crippen MR) is 83.6 cm³/mol. The number of pyridine rings is 1. The Labute approximate surface area is 125 Å². The molecule has 0 radical (unpaired) electrons. The van der Waals surface area contributed by atoms with Gasteiger partial charge in [0.1, 0.15) is 5.52 Å². The maximum atomic E-state index is 5.93. The number of hydrogen-bond donors (Lipinski definition) is 0. The van der Waals surface area contributed by atoms with Crippen molar-refractivity contribution in [1.82, 2.24) is 14.5 Å². The molecule has 3 heterocycles. The molecule has 1 aliphatic rings. The highest BCUT2D eigenvalue weighted by Gasteiger charge is 2.49. The van der Waals surface area contributed by atoms with E-state index in [0.717, 1.165) is 16.7 Å². The van der Waals surface area contributed by atoms with Crippen LogP contribution in [0.5, 0.6) is 0 Å². The fourth-order valence-corrected chi connectivity index (χ4v) is 2.28. The van der Waals surface area contributed by atoms with Crippen LogP contribution < -0.4 is 0 Å². The minimum Gasteiger partial charge on any atom is -0.400 e. The Bertz CT molecular complexity index is 690. The summed E-state index contributed by atoms with van der Waals surface area (Å²) in [5.74, 6) is 1.92. The molecule has 0 bridgehead atoms. The van der Waals surface area contributed by atoms with Crippen LogP contribution in [0.3, 0.4) is 0 Å². The van der Waals surface area contributed by atoms with E-state index in [1.54, 1.807) is 6.33 Å². The molecule has 0 N–H and O–H groups in total. The van der Waals surface area contributed by atoms with Gasteiger partial charge in [-0.2, -0.15) is 0 Å². The molecule has 5 nitrogen and oxygen atoms in total. The summed E-state index contributed by atoms with van der Waals surface area (Å²) in [5, 5.41) is 0. The maximum absolute atomic E-state index is 5.93.